The maximum Gasteiger partial charge on any atom is 0.323 e. The summed E-state index contributed by atoms with van der Waals surface area (Å²) in [6.07, 6.45) is 2.95. The van der Waals surface area contributed by atoms with Gasteiger partial charge in [-0.2, -0.15) is 0 Å². The van der Waals surface area contributed by atoms with Crippen LogP contribution in [0, 0.1) is 0 Å². The highest BCUT2D eigenvalue weighted by molar-refractivity contribution is 5.76. The minimum Gasteiger partial charge on any atom is -0.469 e. The normalized spacial score (nSPS) is 20.3. The van der Waals surface area contributed by atoms with Gasteiger partial charge < -0.3 is 9.47 Å². The second kappa shape index (κ2) is 6.89. The lowest BCUT2D eigenvalue weighted by Crippen LogP contribution is -2.41. The molecule has 5 heteroatoms. The summed E-state index contributed by atoms with van der Waals surface area (Å²) in [5, 5.41) is 0. The fraction of sp³-hybridized carbons (Fsp3) is 0.857. The largest absolute Gasteiger partial charge is 0.469 e. The molecule has 0 aromatic carbocycles. The van der Waals surface area contributed by atoms with E-state index in [1.54, 1.807) is 0 Å². The van der Waals surface area contributed by atoms with E-state index in [0.29, 0.717) is 12.8 Å². The van der Waals surface area contributed by atoms with Gasteiger partial charge in [0.25, 0.3) is 0 Å². The summed E-state index contributed by atoms with van der Waals surface area (Å²) >= 11 is 0. The van der Waals surface area contributed by atoms with Crippen molar-refractivity contribution in [3.8, 4) is 0 Å². The Kier molecular flexibility index (Phi) is 5.79. The molecule has 1 aliphatic rings. The second-order valence-electron chi connectivity index (χ2n) is 5.91. The number of hydrogen-bond acceptors (Lipinski definition) is 5. The first-order chi connectivity index (χ1) is 8.83. The van der Waals surface area contributed by atoms with E-state index >= 15 is 0 Å². The van der Waals surface area contributed by atoms with Gasteiger partial charge in [-0.3, -0.25) is 14.5 Å². The van der Waals surface area contributed by atoms with Gasteiger partial charge in [-0.25, -0.2) is 0 Å². The Bertz CT molecular complexity index is 322. The molecule has 0 saturated carbocycles. The van der Waals surface area contributed by atoms with Crippen molar-refractivity contribution in [1.82, 2.24) is 4.90 Å². The van der Waals surface area contributed by atoms with Gasteiger partial charge in [-0.1, -0.05) is 0 Å². The molecule has 19 heavy (non-hydrogen) atoms. The zero-order chi connectivity index (χ0) is 14.5. The van der Waals surface area contributed by atoms with Crippen LogP contribution < -0.4 is 0 Å². The molecule has 0 amide bonds. The van der Waals surface area contributed by atoms with Crippen molar-refractivity contribution in [3.63, 3.8) is 0 Å². The van der Waals surface area contributed by atoms with Gasteiger partial charge in [0.05, 0.1) is 7.11 Å². The van der Waals surface area contributed by atoms with Crippen LogP contribution in [0.1, 0.15) is 46.5 Å². The number of ether oxygens (including phenoxy) is 2. The molecule has 0 aromatic rings. The van der Waals surface area contributed by atoms with Gasteiger partial charge in [-0.15, -0.1) is 0 Å². The summed E-state index contributed by atoms with van der Waals surface area (Å²) in [6, 6.07) is -0.156. The van der Waals surface area contributed by atoms with E-state index in [9.17, 15) is 9.59 Å². The van der Waals surface area contributed by atoms with Crippen LogP contribution in [0.2, 0.25) is 0 Å². The van der Waals surface area contributed by atoms with E-state index < -0.39 is 5.60 Å². The molecule has 0 aromatic heterocycles. The summed E-state index contributed by atoms with van der Waals surface area (Å²) in [4.78, 5) is 25.2. The van der Waals surface area contributed by atoms with Crippen molar-refractivity contribution >= 4 is 11.9 Å². The molecule has 1 heterocycles. The van der Waals surface area contributed by atoms with Crippen LogP contribution in [-0.2, 0) is 19.1 Å². The SMILES string of the molecule is COC(=O)CCCN1CCC[C@H]1C(=O)OC(C)(C)C. The minimum absolute atomic E-state index is 0.150. The smallest absolute Gasteiger partial charge is 0.323 e. The molecule has 1 saturated heterocycles. The molecule has 0 spiro atoms. The lowest BCUT2D eigenvalue weighted by Gasteiger charge is -2.27. The summed E-state index contributed by atoms with van der Waals surface area (Å²) in [5.41, 5.74) is -0.447. The Balaban J connectivity index is 2.41. The van der Waals surface area contributed by atoms with Gasteiger partial charge in [0.1, 0.15) is 11.6 Å². The molecule has 0 N–H and O–H groups in total. The Morgan fingerprint density at radius 1 is 1.32 bits per heavy atom. The number of rotatable bonds is 5. The molecule has 1 atom stereocenters. The molecule has 110 valence electrons. The molecular weight excluding hydrogens is 246 g/mol. The summed E-state index contributed by atoms with van der Waals surface area (Å²) < 4.78 is 10.0. The van der Waals surface area contributed by atoms with Crippen molar-refractivity contribution in [2.24, 2.45) is 0 Å². The lowest BCUT2D eigenvalue weighted by molar-refractivity contribution is -0.160. The molecule has 0 bridgehead atoms. The zero-order valence-corrected chi connectivity index (χ0v) is 12.4. The first-order valence-electron chi connectivity index (χ1n) is 6.87. The number of methoxy groups -OCH3 is 1. The van der Waals surface area contributed by atoms with E-state index in [1.807, 2.05) is 20.8 Å². The van der Waals surface area contributed by atoms with E-state index in [-0.39, 0.29) is 18.0 Å². The van der Waals surface area contributed by atoms with Crippen molar-refractivity contribution in [2.45, 2.75) is 58.1 Å². The molecule has 5 nitrogen and oxygen atoms in total. The quantitative estimate of drug-likeness (QED) is 0.713. The minimum atomic E-state index is -0.447. The maximum absolute atomic E-state index is 12.1. The highest BCUT2D eigenvalue weighted by Gasteiger charge is 2.33. The van der Waals surface area contributed by atoms with E-state index in [1.165, 1.54) is 7.11 Å². The van der Waals surface area contributed by atoms with E-state index in [2.05, 4.69) is 9.64 Å². The van der Waals surface area contributed by atoms with Crippen LogP contribution in [0.3, 0.4) is 0 Å². The topological polar surface area (TPSA) is 55.8 Å². The third kappa shape index (κ3) is 5.59. The van der Waals surface area contributed by atoms with Crippen molar-refractivity contribution in [2.75, 3.05) is 20.2 Å². The molecule has 0 unspecified atom stereocenters. The molecule has 0 aliphatic carbocycles. The highest BCUT2D eigenvalue weighted by Crippen LogP contribution is 2.21. The highest BCUT2D eigenvalue weighted by atomic mass is 16.6. The van der Waals surface area contributed by atoms with Crippen LogP contribution >= 0.6 is 0 Å². The van der Waals surface area contributed by atoms with Crippen LogP contribution in [0.15, 0.2) is 0 Å². The summed E-state index contributed by atoms with van der Waals surface area (Å²) in [5.74, 6) is -0.351. The van der Waals surface area contributed by atoms with Gasteiger partial charge in [-0.05, 0) is 53.1 Å². The van der Waals surface area contributed by atoms with E-state index in [4.69, 9.17) is 4.74 Å². The standard InChI is InChI=1S/C14H25NO4/c1-14(2,3)19-13(17)11-7-5-9-15(11)10-6-8-12(16)18-4/h11H,5-10H2,1-4H3/t11-/m0/s1. The van der Waals surface area contributed by atoms with Crippen molar-refractivity contribution in [3.05, 3.63) is 0 Å². The Morgan fingerprint density at radius 3 is 2.58 bits per heavy atom. The van der Waals surface area contributed by atoms with Crippen LogP contribution in [0.4, 0.5) is 0 Å². The molecule has 1 rings (SSSR count). The number of likely N-dealkylation sites (tertiary alicyclic amines) is 1. The third-order valence-electron chi connectivity index (χ3n) is 3.10. The third-order valence-corrected chi connectivity index (χ3v) is 3.10. The van der Waals surface area contributed by atoms with Crippen molar-refractivity contribution in [1.29, 1.82) is 0 Å². The lowest BCUT2D eigenvalue weighted by atomic mass is 10.1. The number of carbonyl (C=O) groups is 2. The average Bonchev–Trinajstić information content (AvgIpc) is 2.75. The van der Waals surface area contributed by atoms with Gasteiger partial charge >= 0.3 is 11.9 Å². The van der Waals surface area contributed by atoms with Gasteiger partial charge in [0, 0.05) is 6.42 Å². The van der Waals surface area contributed by atoms with Crippen LogP contribution in [0.5, 0.6) is 0 Å². The van der Waals surface area contributed by atoms with Crippen LogP contribution in [-0.4, -0.2) is 48.7 Å². The Hall–Kier alpha value is -1.10. The van der Waals surface area contributed by atoms with Crippen LogP contribution in [0.25, 0.3) is 0 Å². The molecular formula is C14H25NO4. The number of carbonyl (C=O) groups excluding carboxylic acids is 2. The first-order valence-corrected chi connectivity index (χ1v) is 6.87. The number of esters is 2. The monoisotopic (exact) mass is 271 g/mol. The van der Waals surface area contributed by atoms with Gasteiger partial charge in [0.2, 0.25) is 0 Å². The zero-order valence-electron chi connectivity index (χ0n) is 12.4. The number of hydrogen-bond donors (Lipinski definition) is 0. The summed E-state index contributed by atoms with van der Waals surface area (Å²) in [7, 11) is 1.39. The fourth-order valence-corrected chi connectivity index (χ4v) is 2.26. The maximum atomic E-state index is 12.1. The molecule has 0 radical (unpaired) electrons. The Morgan fingerprint density at radius 2 is 2.00 bits per heavy atom. The fourth-order valence-electron chi connectivity index (χ4n) is 2.26. The van der Waals surface area contributed by atoms with E-state index in [0.717, 1.165) is 25.9 Å². The second-order valence-corrected chi connectivity index (χ2v) is 5.91. The van der Waals surface area contributed by atoms with Gasteiger partial charge in [0.15, 0.2) is 0 Å². The molecule has 1 aliphatic heterocycles. The Labute approximate surface area is 115 Å². The average molecular weight is 271 g/mol. The summed E-state index contributed by atoms with van der Waals surface area (Å²) in [6.45, 7) is 7.26. The molecule has 1 fully saturated rings. The number of nitrogens with zero attached hydrogens (tertiary/aromatic N) is 1. The van der Waals surface area contributed by atoms with Crippen molar-refractivity contribution < 1.29 is 19.1 Å². The predicted molar refractivity (Wildman–Crippen MR) is 71.7 cm³/mol. The predicted octanol–water partition coefficient (Wildman–Crippen LogP) is 1.75. The first kappa shape index (κ1) is 16.0.